The number of hydrogen-bond acceptors (Lipinski definition) is 7. The number of aromatic nitrogens is 1. The summed E-state index contributed by atoms with van der Waals surface area (Å²) in [7, 11) is 0. The van der Waals surface area contributed by atoms with Gasteiger partial charge in [-0.3, -0.25) is 0 Å². The van der Waals surface area contributed by atoms with E-state index in [0.29, 0.717) is 32.9 Å². The van der Waals surface area contributed by atoms with Gasteiger partial charge in [-0.1, -0.05) is 31.9 Å². The summed E-state index contributed by atoms with van der Waals surface area (Å²) in [4.78, 5) is 31.1. The average molecular weight is 599 g/mol. The number of benzene rings is 3. The Hall–Kier alpha value is -3.76. The summed E-state index contributed by atoms with van der Waals surface area (Å²) in [5, 5.41) is 19.6. The molecule has 8 nitrogen and oxygen atoms in total. The van der Waals surface area contributed by atoms with Gasteiger partial charge in [0, 0.05) is 37.8 Å². The first kappa shape index (κ1) is 21.8. The number of carbonyl (C=O) groups excluding carboxylic acids is 2. The first-order valence-corrected chi connectivity index (χ1v) is 11.8. The molecule has 0 bridgehead atoms. The second-order valence-corrected chi connectivity index (χ2v) is 9.77. The molecule has 10 heteroatoms. The molecule has 3 aromatic carbocycles. The molecule has 0 radical (unpaired) electrons. The van der Waals surface area contributed by atoms with Crippen molar-refractivity contribution < 1.29 is 34.1 Å². The summed E-state index contributed by atoms with van der Waals surface area (Å²) in [5.74, 6) is -1.33. The molecule has 1 aromatic heterocycles. The molecule has 2 N–H and O–H groups in total. The maximum Gasteiger partial charge on any atom is 0.363 e. The number of rotatable bonds is 2. The number of halogens is 2. The zero-order chi connectivity index (χ0) is 24.5. The molecule has 0 amide bonds. The lowest BCUT2D eigenvalue weighted by atomic mass is 9.77. The van der Waals surface area contributed by atoms with Gasteiger partial charge in [-0.25, -0.2) is 9.59 Å². The second-order valence-electron chi connectivity index (χ2n) is 7.94. The summed E-state index contributed by atoms with van der Waals surface area (Å²) in [6.45, 7) is 0. The average Bonchev–Trinajstić information content (AvgIpc) is 3.30. The van der Waals surface area contributed by atoms with Crippen molar-refractivity contribution in [3.05, 3.63) is 103 Å². The first-order valence-electron chi connectivity index (χ1n) is 10.3. The van der Waals surface area contributed by atoms with E-state index in [0.717, 1.165) is 8.95 Å². The lowest BCUT2D eigenvalue weighted by molar-refractivity contribution is 0.0224. The van der Waals surface area contributed by atoms with Crippen LogP contribution in [0.15, 0.2) is 75.7 Å². The molecule has 1 spiro atoms. The van der Waals surface area contributed by atoms with Crippen LogP contribution in [-0.2, 0) is 10.3 Å². The van der Waals surface area contributed by atoms with Gasteiger partial charge in [0.25, 0.3) is 0 Å². The Kier molecular flexibility index (Phi) is 4.74. The van der Waals surface area contributed by atoms with Crippen LogP contribution in [0.1, 0.15) is 37.4 Å². The Labute approximate surface area is 214 Å². The predicted octanol–water partition coefficient (Wildman–Crippen LogP) is 5.26. The van der Waals surface area contributed by atoms with E-state index >= 15 is 0 Å². The smallest absolute Gasteiger partial charge is 0.363 e. The van der Waals surface area contributed by atoms with Crippen LogP contribution >= 0.6 is 31.9 Å². The van der Waals surface area contributed by atoms with Gasteiger partial charge in [0.1, 0.15) is 11.5 Å². The van der Waals surface area contributed by atoms with Crippen LogP contribution in [0.3, 0.4) is 0 Å². The fourth-order valence-electron chi connectivity index (χ4n) is 4.43. The minimum atomic E-state index is -1.37. The number of esters is 1. The van der Waals surface area contributed by atoms with Gasteiger partial charge in [0.05, 0.1) is 11.1 Å². The monoisotopic (exact) mass is 597 g/mol. The van der Waals surface area contributed by atoms with Crippen molar-refractivity contribution in [1.82, 2.24) is 4.73 Å². The van der Waals surface area contributed by atoms with Crippen LogP contribution in [0.5, 0.6) is 23.3 Å². The van der Waals surface area contributed by atoms with Crippen molar-refractivity contribution in [3.8, 4) is 23.3 Å². The van der Waals surface area contributed by atoms with Crippen molar-refractivity contribution in [1.29, 1.82) is 0 Å². The molecule has 174 valence electrons. The van der Waals surface area contributed by atoms with Gasteiger partial charge in [-0.05, 0) is 54.6 Å². The maximum atomic E-state index is 13.1. The predicted molar refractivity (Wildman–Crippen MR) is 129 cm³/mol. The molecule has 0 atom stereocenters. The fraction of sp³-hybridized carbons (Fsp3) is 0.0400. The van der Waals surface area contributed by atoms with Crippen LogP contribution < -0.4 is 9.57 Å². The third-order valence-corrected chi connectivity index (χ3v) is 6.92. The van der Waals surface area contributed by atoms with Gasteiger partial charge in [-0.15, -0.1) is 4.73 Å². The molecule has 3 heterocycles. The summed E-state index contributed by atoms with van der Waals surface area (Å²) < 4.78 is 14.4. The third-order valence-electron chi connectivity index (χ3n) is 5.94. The Balaban J connectivity index is 1.55. The van der Waals surface area contributed by atoms with Gasteiger partial charge < -0.3 is 24.5 Å². The molecule has 4 aromatic rings. The Bertz CT molecular complexity index is 1510. The van der Waals surface area contributed by atoms with Gasteiger partial charge >= 0.3 is 11.9 Å². The molecule has 0 saturated heterocycles. The van der Waals surface area contributed by atoms with E-state index in [-0.39, 0.29) is 11.1 Å². The highest BCUT2D eigenvalue weighted by Crippen LogP contribution is 2.56. The van der Waals surface area contributed by atoms with Gasteiger partial charge in [-0.2, -0.15) is 0 Å². The van der Waals surface area contributed by atoms with E-state index in [1.807, 2.05) is 12.1 Å². The quantitative estimate of drug-likeness (QED) is 0.303. The van der Waals surface area contributed by atoms with Crippen molar-refractivity contribution >= 4 is 43.8 Å². The number of ether oxygens (including phenoxy) is 2. The summed E-state index contributed by atoms with van der Waals surface area (Å²) in [6.07, 6.45) is 0. The largest absolute Gasteiger partial charge is 0.492 e. The Morgan fingerprint density at radius 2 is 1.43 bits per heavy atom. The van der Waals surface area contributed by atoms with Crippen molar-refractivity contribution in [2.45, 2.75) is 5.60 Å². The summed E-state index contributed by atoms with van der Waals surface area (Å²) >= 11 is 6.91. The van der Waals surface area contributed by atoms with Crippen molar-refractivity contribution in [2.24, 2.45) is 0 Å². The van der Waals surface area contributed by atoms with Gasteiger partial charge in [0.2, 0.25) is 11.8 Å². The normalized spacial score (nSPS) is 14.5. The molecule has 0 unspecified atom stereocenters. The number of nitrogens with zero attached hydrogens (tertiary/aromatic N) is 1. The molecule has 35 heavy (non-hydrogen) atoms. The zero-order valence-electron chi connectivity index (χ0n) is 17.5. The van der Waals surface area contributed by atoms with Crippen LogP contribution in [0, 0.1) is 0 Å². The minimum absolute atomic E-state index is 0.0812. The first-order chi connectivity index (χ1) is 16.8. The summed E-state index contributed by atoms with van der Waals surface area (Å²) in [5.41, 5.74) is 0.622. The fourth-order valence-corrected chi connectivity index (χ4v) is 5.11. The highest BCUT2D eigenvalue weighted by atomic mass is 79.9. The topological polar surface area (TPSA) is 107 Å². The van der Waals surface area contributed by atoms with E-state index < -0.39 is 29.3 Å². The zero-order valence-corrected chi connectivity index (χ0v) is 20.7. The van der Waals surface area contributed by atoms with E-state index in [9.17, 15) is 19.8 Å². The molecule has 2 aliphatic rings. The lowest BCUT2D eigenvalue weighted by Crippen LogP contribution is -2.33. The highest BCUT2D eigenvalue weighted by molar-refractivity contribution is 9.10. The standard InChI is InChI=1S/C25H13Br2NO7/c26-13-2-5-16-19(10-13)33-20-11-14(27)3-6-17(20)25(16)18-9-12(1-4-15(18)24(32)34-25)23(31)35-28-21(29)7-8-22(28)30/h1-11,29-30H. The van der Waals surface area contributed by atoms with Crippen molar-refractivity contribution in [2.75, 3.05) is 0 Å². The number of aromatic hydroxyl groups is 2. The van der Waals surface area contributed by atoms with Crippen LogP contribution in [0.2, 0.25) is 0 Å². The highest BCUT2D eigenvalue weighted by Gasteiger charge is 2.53. The van der Waals surface area contributed by atoms with E-state index in [1.54, 1.807) is 24.3 Å². The maximum absolute atomic E-state index is 13.1. The lowest BCUT2D eigenvalue weighted by Gasteiger charge is -2.36. The van der Waals surface area contributed by atoms with Crippen molar-refractivity contribution in [3.63, 3.8) is 0 Å². The van der Waals surface area contributed by atoms with E-state index in [4.69, 9.17) is 14.3 Å². The Morgan fingerprint density at radius 1 is 0.829 bits per heavy atom. The molecule has 0 fully saturated rings. The third kappa shape index (κ3) is 3.17. The number of hydrogen-bond donors (Lipinski definition) is 2. The summed E-state index contributed by atoms with van der Waals surface area (Å²) in [6, 6.07) is 17.6. The van der Waals surface area contributed by atoms with Crippen LogP contribution in [-0.4, -0.2) is 26.9 Å². The van der Waals surface area contributed by atoms with E-state index in [1.165, 1.54) is 30.3 Å². The van der Waals surface area contributed by atoms with Crippen LogP contribution in [0.4, 0.5) is 0 Å². The Morgan fingerprint density at radius 3 is 2.03 bits per heavy atom. The molecule has 6 rings (SSSR count). The molecule has 0 aliphatic carbocycles. The number of fused-ring (bicyclic) bond motifs is 6. The second kappa shape index (κ2) is 7.62. The van der Waals surface area contributed by atoms with Crippen LogP contribution in [0.25, 0.3) is 0 Å². The molecule has 2 aliphatic heterocycles. The van der Waals surface area contributed by atoms with E-state index in [2.05, 4.69) is 31.9 Å². The number of carbonyl (C=O) groups is 2. The van der Waals surface area contributed by atoms with Gasteiger partial charge in [0.15, 0.2) is 5.60 Å². The SMILES string of the molecule is O=C(On1c(O)ccc1O)c1ccc2c(c1)C1(OC2=O)c2ccc(Br)cc2Oc2cc(Br)ccc21. The molecular formula is C25H13Br2NO7. The molecule has 0 saturated carbocycles. The minimum Gasteiger partial charge on any atom is -0.492 e. The molecular weight excluding hydrogens is 586 g/mol.